The molecule has 3 rings (SSSR count). The summed E-state index contributed by atoms with van der Waals surface area (Å²) in [5.41, 5.74) is -2.88. The first-order valence-electron chi connectivity index (χ1n) is 10.8. The zero-order chi connectivity index (χ0) is 24.1. The summed E-state index contributed by atoms with van der Waals surface area (Å²) >= 11 is 0. The van der Waals surface area contributed by atoms with Gasteiger partial charge in [-0.1, -0.05) is 36.6 Å². The Morgan fingerprint density at radius 1 is 0.970 bits per heavy atom. The van der Waals surface area contributed by atoms with Gasteiger partial charge in [0.05, 0.1) is 11.1 Å². The molecule has 0 radical (unpaired) electrons. The van der Waals surface area contributed by atoms with E-state index in [0.717, 1.165) is 25.7 Å². The number of benzene rings is 1. The average molecular weight is 474 g/mol. The Kier molecular flexibility index (Phi) is 7.91. The summed E-state index contributed by atoms with van der Waals surface area (Å²) in [6.45, 7) is 0. The van der Waals surface area contributed by atoms with Gasteiger partial charge in [-0.05, 0) is 48.9 Å². The van der Waals surface area contributed by atoms with E-state index in [2.05, 4.69) is 20.6 Å². The van der Waals surface area contributed by atoms with Crippen molar-refractivity contribution < 1.29 is 31.1 Å². The van der Waals surface area contributed by atoms with Gasteiger partial charge in [0.1, 0.15) is 5.78 Å². The molecule has 180 valence electrons. The van der Waals surface area contributed by atoms with E-state index in [9.17, 15) is 31.1 Å². The van der Waals surface area contributed by atoms with Gasteiger partial charge in [0.2, 0.25) is 0 Å². The third-order valence-corrected chi connectivity index (χ3v) is 5.86. The summed E-state index contributed by atoms with van der Waals surface area (Å²) in [5.74, 6) is 0.290. The monoisotopic (exact) mass is 474 g/mol. The number of aryl methyl sites for hydroxylation is 1. The third kappa shape index (κ3) is 7.13. The lowest BCUT2D eigenvalue weighted by molar-refractivity contribution is -0.143. The van der Waals surface area contributed by atoms with Crippen molar-refractivity contribution >= 4 is 11.9 Å². The molecule has 0 aliphatic heterocycles. The Labute approximate surface area is 186 Å². The number of aromatic nitrogens is 4. The van der Waals surface area contributed by atoms with Gasteiger partial charge in [0, 0.05) is 18.8 Å². The highest BCUT2D eigenvalue weighted by molar-refractivity contribution is 5.84. The Balaban J connectivity index is 1.59. The van der Waals surface area contributed by atoms with E-state index >= 15 is 0 Å². The second-order valence-corrected chi connectivity index (χ2v) is 8.25. The first-order chi connectivity index (χ1) is 15.5. The van der Waals surface area contributed by atoms with Gasteiger partial charge in [-0.15, -0.1) is 10.2 Å². The number of Topliss-reactive ketones (excluding diaryl/α,β-unsaturated/α-hetero) is 1. The van der Waals surface area contributed by atoms with Crippen molar-refractivity contribution in [2.75, 3.05) is 0 Å². The van der Waals surface area contributed by atoms with Crippen molar-refractivity contribution in [2.24, 2.45) is 11.8 Å². The number of nitrogens with zero attached hydrogens (tertiary/aromatic N) is 3. The fraction of sp³-hybridized carbons (Fsp3) is 0.545. The maximum Gasteiger partial charge on any atom is 0.416 e. The molecule has 1 fully saturated rings. The molecule has 1 aromatic heterocycles. The number of carbonyl (C=O) groups excluding carboxylic acids is 1. The highest BCUT2D eigenvalue weighted by Gasteiger charge is 2.37. The zero-order valence-electron chi connectivity index (χ0n) is 17.7. The summed E-state index contributed by atoms with van der Waals surface area (Å²) in [6.07, 6.45) is -1.12. The number of allylic oxidation sites excluding steroid dienone is 1. The minimum atomic E-state index is -4.89. The number of aromatic amines is 1. The maximum atomic E-state index is 13.1. The minimum absolute atomic E-state index is 0.0940. The van der Waals surface area contributed by atoms with E-state index in [1.54, 1.807) is 6.08 Å². The van der Waals surface area contributed by atoms with Crippen LogP contribution >= 0.6 is 0 Å². The predicted octanol–water partition coefficient (Wildman–Crippen LogP) is 6.04. The number of alkyl halides is 6. The van der Waals surface area contributed by atoms with Gasteiger partial charge >= 0.3 is 12.4 Å². The van der Waals surface area contributed by atoms with E-state index in [-0.39, 0.29) is 29.2 Å². The molecule has 11 heteroatoms. The molecular weight excluding hydrogens is 450 g/mol. The molecular formula is C22H24F6N4O. The van der Waals surface area contributed by atoms with Crippen molar-refractivity contribution in [2.45, 2.75) is 63.7 Å². The molecule has 1 aliphatic rings. The van der Waals surface area contributed by atoms with Gasteiger partial charge in [-0.2, -0.15) is 31.6 Å². The molecule has 0 amide bonds. The fourth-order valence-electron chi connectivity index (χ4n) is 4.14. The van der Waals surface area contributed by atoms with Gasteiger partial charge in [-0.25, -0.2) is 0 Å². The number of nitrogens with one attached hydrogen (secondary N) is 1. The molecule has 0 saturated heterocycles. The minimum Gasteiger partial charge on any atom is -0.299 e. The molecule has 33 heavy (non-hydrogen) atoms. The molecule has 1 N–H and O–H groups in total. The second-order valence-electron chi connectivity index (χ2n) is 8.25. The Bertz CT molecular complexity index is 921. The van der Waals surface area contributed by atoms with Crippen LogP contribution in [0.3, 0.4) is 0 Å². The van der Waals surface area contributed by atoms with Crippen LogP contribution in [0.2, 0.25) is 0 Å². The number of carbonyl (C=O) groups is 1. The molecule has 2 aromatic rings. The first-order valence-corrected chi connectivity index (χ1v) is 10.8. The molecule has 1 saturated carbocycles. The van der Waals surface area contributed by atoms with Crippen molar-refractivity contribution in [3.8, 4) is 0 Å². The van der Waals surface area contributed by atoms with E-state index in [1.165, 1.54) is 6.08 Å². The van der Waals surface area contributed by atoms with Gasteiger partial charge in [0.25, 0.3) is 0 Å². The fourth-order valence-corrected chi connectivity index (χ4v) is 4.14. The lowest BCUT2D eigenvalue weighted by Crippen LogP contribution is -2.13. The molecule has 0 unspecified atom stereocenters. The van der Waals surface area contributed by atoms with Crippen LogP contribution < -0.4 is 0 Å². The number of hydrogen-bond donors (Lipinski definition) is 1. The van der Waals surface area contributed by atoms with Crippen molar-refractivity contribution in [3.05, 3.63) is 46.8 Å². The zero-order valence-corrected chi connectivity index (χ0v) is 17.7. The molecule has 5 nitrogen and oxygen atoms in total. The van der Waals surface area contributed by atoms with E-state index in [0.29, 0.717) is 43.6 Å². The van der Waals surface area contributed by atoms with Gasteiger partial charge in [-0.3, -0.25) is 4.79 Å². The Morgan fingerprint density at radius 2 is 1.64 bits per heavy atom. The lowest BCUT2D eigenvalue weighted by Gasteiger charge is -2.16. The number of rotatable bonds is 9. The summed E-state index contributed by atoms with van der Waals surface area (Å²) in [6, 6.07) is 1.50. The molecule has 1 heterocycles. The lowest BCUT2D eigenvalue weighted by atomic mass is 9.89. The SMILES string of the molecule is O=C1CC[C@@H](C=Cc2cc(C(F)(F)F)cc(C(F)(F)F)c2)[C@@H]1CCCCCCc1nn[nH]n1. The molecule has 0 spiro atoms. The molecule has 0 bridgehead atoms. The number of ketones is 1. The number of hydrogen-bond acceptors (Lipinski definition) is 4. The highest BCUT2D eigenvalue weighted by atomic mass is 19.4. The number of halogens is 6. The summed E-state index contributed by atoms with van der Waals surface area (Å²) < 4.78 is 78.3. The topological polar surface area (TPSA) is 71.5 Å². The van der Waals surface area contributed by atoms with Crippen LogP contribution in [0, 0.1) is 11.8 Å². The summed E-state index contributed by atoms with van der Waals surface area (Å²) in [7, 11) is 0. The Hall–Kier alpha value is -2.72. The number of unbranched alkanes of at least 4 members (excludes halogenated alkanes) is 3. The quantitative estimate of drug-likeness (QED) is 0.355. The normalized spacial score (nSPS) is 19.6. The number of tetrazole rings is 1. The molecule has 1 aliphatic carbocycles. The third-order valence-electron chi connectivity index (χ3n) is 5.86. The van der Waals surface area contributed by atoms with Gasteiger partial charge < -0.3 is 0 Å². The van der Waals surface area contributed by atoms with Crippen LogP contribution in [-0.4, -0.2) is 26.4 Å². The highest BCUT2D eigenvalue weighted by Crippen LogP contribution is 2.38. The largest absolute Gasteiger partial charge is 0.416 e. The van der Waals surface area contributed by atoms with Crippen molar-refractivity contribution in [1.29, 1.82) is 0 Å². The summed E-state index contributed by atoms with van der Waals surface area (Å²) in [5, 5.41) is 13.6. The number of H-pyrrole nitrogens is 1. The van der Waals surface area contributed by atoms with Crippen LogP contribution in [0.5, 0.6) is 0 Å². The van der Waals surface area contributed by atoms with E-state index in [1.807, 2.05) is 0 Å². The van der Waals surface area contributed by atoms with E-state index in [4.69, 9.17) is 0 Å². The Morgan fingerprint density at radius 3 is 2.24 bits per heavy atom. The smallest absolute Gasteiger partial charge is 0.299 e. The molecule has 2 atom stereocenters. The van der Waals surface area contributed by atoms with Crippen molar-refractivity contribution in [1.82, 2.24) is 20.6 Å². The van der Waals surface area contributed by atoms with Crippen LogP contribution in [-0.2, 0) is 23.6 Å². The van der Waals surface area contributed by atoms with Crippen LogP contribution in [0.1, 0.15) is 67.5 Å². The van der Waals surface area contributed by atoms with Crippen LogP contribution in [0.15, 0.2) is 24.3 Å². The molecule has 1 aromatic carbocycles. The average Bonchev–Trinajstić information content (AvgIpc) is 3.37. The summed E-state index contributed by atoms with van der Waals surface area (Å²) in [4.78, 5) is 12.3. The maximum absolute atomic E-state index is 13.1. The van der Waals surface area contributed by atoms with Crippen LogP contribution in [0.4, 0.5) is 26.3 Å². The van der Waals surface area contributed by atoms with Gasteiger partial charge in [0.15, 0.2) is 5.82 Å². The van der Waals surface area contributed by atoms with Crippen molar-refractivity contribution in [3.63, 3.8) is 0 Å². The first kappa shape index (κ1) is 24.9. The van der Waals surface area contributed by atoms with Crippen LogP contribution in [0.25, 0.3) is 6.08 Å². The predicted molar refractivity (Wildman–Crippen MR) is 108 cm³/mol. The standard InChI is InChI=1S/C22H24F6N4O/c23-21(24,25)16-11-14(12-17(13-16)22(26,27)28)7-8-15-9-10-19(33)18(15)5-3-1-2-4-6-20-29-31-32-30-20/h7-8,11-13,15,18H,1-6,9-10H2,(H,29,30,31,32)/t15-,18+/m1/s1. The van der Waals surface area contributed by atoms with E-state index < -0.39 is 23.5 Å². The second kappa shape index (κ2) is 10.5.